The van der Waals surface area contributed by atoms with E-state index in [4.69, 9.17) is 5.73 Å². The molecule has 0 saturated carbocycles. The zero-order chi connectivity index (χ0) is 11.4. The van der Waals surface area contributed by atoms with Crippen LogP contribution in [0.5, 0.6) is 0 Å². The normalized spacial score (nSPS) is 11.5. The van der Waals surface area contributed by atoms with Gasteiger partial charge in [0.1, 0.15) is 0 Å². The van der Waals surface area contributed by atoms with Gasteiger partial charge >= 0.3 is 0 Å². The molecule has 0 aromatic heterocycles. The van der Waals surface area contributed by atoms with E-state index in [1.807, 2.05) is 26.0 Å². The fraction of sp³-hybridized carbons (Fsp3) is 0.308. The minimum atomic E-state index is 0.0574. The Morgan fingerprint density at radius 2 is 2.07 bits per heavy atom. The molecule has 0 aliphatic heterocycles. The summed E-state index contributed by atoms with van der Waals surface area (Å²) >= 11 is 0. The number of allylic oxidation sites excluding steroid dienone is 2. The Hall–Kier alpha value is -1.57. The van der Waals surface area contributed by atoms with Gasteiger partial charge in [-0.2, -0.15) is 0 Å². The maximum Gasteiger partial charge on any atom is 0.161 e. The summed E-state index contributed by atoms with van der Waals surface area (Å²) in [5.41, 5.74) is 9.46. The predicted octanol–water partition coefficient (Wildman–Crippen LogP) is 2.28. The fourth-order valence-electron chi connectivity index (χ4n) is 1.54. The van der Waals surface area contributed by atoms with Crippen LogP contribution in [0, 0.1) is 13.8 Å². The maximum absolute atomic E-state index is 11.5. The van der Waals surface area contributed by atoms with Gasteiger partial charge in [0.2, 0.25) is 0 Å². The Labute approximate surface area is 90.8 Å². The number of hydrogen-bond acceptors (Lipinski definition) is 2. The number of nitrogens with two attached hydrogens (primary N) is 1. The first-order valence-electron chi connectivity index (χ1n) is 5.02. The lowest BCUT2D eigenvalue weighted by Crippen LogP contribution is -2.04. The SMILES string of the molecule is C/C(N)=C/C(=O)Cc1ccc(C)cc1C. The smallest absolute Gasteiger partial charge is 0.161 e. The molecule has 1 aromatic rings. The average Bonchev–Trinajstić information content (AvgIpc) is 2.08. The third-order valence-electron chi connectivity index (χ3n) is 2.25. The van der Waals surface area contributed by atoms with E-state index in [9.17, 15) is 4.79 Å². The number of ketones is 1. The lowest BCUT2D eigenvalue weighted by atomic mass is 10.0. The van der Waals surface area contributed by atoms with Gasteiger partial charge < -0.3 is 5.73 Å². The highest BCUT2D eigenvalue weighted by atomic mass is 16.1. The van der Waals surface area contributed by atoms with Gasteiger partial charge in [0.15, 0.2) is 5.78 Å². The number of carbonyl (C=O) groups excluding carboxylic acids is 1. The lowest BCUT2D eigenvalue weighted by Gasteiger charge is -2.04. The summed E-state index contributed by atoms with van der Waals surface area (Å²) in [5, 5.41) is 0. The molecule has 0 heterocycles. The number of carbonyl (C=O) groups is 1. The molecule has 0 aliphatic carbocycles. The molecule has 0 radical (unpaired) electrons. The number of benzene rings is 1. The van der Waals surface area contributed by atoms with Crippen LogP contribution < -0.4 is 5.73 Å². The largest absolute Gasteiger partial charge is 0.402 e. The first-order valence-corrected chi connectivity index (χ1v) is 5.02. The van der Waals surface area contributed by atoms with Gasteiger partial charge in [0.05, 0.1) is 0 Å². The van der Waals surface area contributed by atoms with Gasteiger partial charge in [-0.15, -0.1) is 0 Å². The van der Waals surface area contributed by atoms with Gasteiger partial charge in [-0.25, -0.2) is 0 Å². The van der Waals surface area contributed by atoms with Crippen LogP contribution in [0.1, 0.15) is 23.6 Å². The molecule has 80 valence electrons. The van der Waals surface area contributed by atoms with Crippen LogP contribution in [0.25, 0.3) is 0 Å². The Balaban J connectivity index is 2.82. The van der Waals surface area contributed by atoms with Crippen molar-refractivity contribution in [1.29, 1.82) is 0 Å². The lowest BCUT2D eigenvalue weighted by molar-refractivity contribution is -0.114. The van der Waals surface area contributed by atoms with Crippen LogP contribution >= 0.6 is 0 Å². The van der Waals surface area contributed by atoms with Crippen LogP contribution in [0.15, 0.2) is 30.0 Å². The summed E-state index contributed by atoms with van der Waals surface area (Å²) in [7, 11) is 0. The third kappa shape index (κ3) is 3.58. The molecule has 0 bridgehead atoms. The monoisotopic (exact) mass is 203 g/mol. The zero-order valence-electron chi connectivity index (χ0n) is 9.50. The molecule has 0 amide bonds. The second kappa shape index (κ2) is 4.78. The minimum Gasteiger partial charge on any atom is -0.402 e. The Morgan fingerprint density at radius 3 is 2.60 bits per heavy atom. The zero-order valence-corrected chi connectivity index (χ0v) is 9.50. The number of hydrogen-bond donors (Lipinski definition) is 1. The van der Waals surface area contributed by atoms with E-state index in [0.29, 0.717) is 12.1 Å². The Kier molecular flexibility index (Phi) is 3.67. The molecule has 0 spiro atoms. The van der Waals surface area contributed by atoms with E-state index in [-0.39, 0.29) is 5.78 Å². The molecule has 2 heteroatoms. The van der Waals surface area contributed by atoms with Crippen molar-refractivity contribution in [3.8, 4) is 0 Å². The molecule has 0 unspecified atom stereocenters. The third-order valence-corrected chi connectivity index (χ3v) is 2.25. The molecule has 1 rings (SSSR count). The molecular formula is C13H17NO. The molecule has 2 N–H and O–H groups in total. The van der Waals surface area contributed by atoms with Crippen LogP contribution in [0.4, 0.5) is 0 Å². The minimum absolute atomic E-state index is 0.0574. The van der Waals surface area contributed by atoms with E-state index in [2.05, 4.69) is 6.07 Å². The quantitative estimate of drug-likeness (QED) is 0.766. The van der Waals surface area contributed by atoms with Gasteiger partial charge in [-0.3, -0.25) is 4.79 Å². The van der Waals surface area contributed by atoms with Crippen molar-refractivity contribution >= 4 is 5.78 Å². The predicted molar refractivity (Wildman–Crippen MR) is 62.6 cm³/mol. The summed E-state index contributed by atoms with van der Waals surface area (Å²) in [6.45, 7) is 5.79. The van der Waals surface area contributed by atoms with Crippen molar-refractivity contribution < 1.29 is 4.79 Å². The number of aryl methyl sites for hydroxylation is 2. The highest BCUT2D eigenvalue weighted by molar-refractivity contribution is 5.92. The molecule has 2 nitrogen and oxygen atoms in total. The Morgan fingerprint density at radius 1 is 1.40 bits per heavy atom. The molecule has 0 fully saturated rings. The molecule has 15 heavy (non-hydrogen) atoms. The van der Waals surface area contributed by atoms with Gasteiger partial charge in [0, 0.05) is 12.1 Å². The summed E-state index contributed by atoms with van der Waals surface area (Å²) < 4.78 is 0. The van der Waals surface area contributed by atoms with E-state index >= 15 is 0 Å². The van der Waals surface area contributed by atoms with E-state index in [1.165, 1.54) is 11.6 Å². The van der Waals surface area contributed by atoms with Crippen molar-refractivity contribution in [2.75, 3.05) is 0 Å². The van der Waals surface area contributed by atoms with Crippen molar-refractivity contribution in [2.24, 2.45) is 5.73 Å². The van der Waals surface area contributed by atoms with Gasteiger partial charge in [-0.05, 0) is 38.0 Å². The van der Waals surface area contributed by atoms with Crippen molar-refractivity contribution in [3.05, 3.63) is 46.7 Å². The molecule has 0 saturated heterocycles. The van der Waals surface area contributed by atoms with E-state index in [1.54, 1.807) is 6.92 Å². The first-order chi connectivity index (χ1) is 6.99. The van der Waals surface area contributed by atoms with E-state index in [0.717, 1.165) is 11.1 Å². The van der Waals surface area contributed by atoms with Crippen molar-refractivity contribution in [1.82, 2.24) is 0 Å². The van der Waals surface area contributed by atoms with Gasteiger partial charge in [-0.1, -0.05) is 23.8 Å². The van der Waals surface area contributed by atoms with Crippen molar-refractivity contribution in [2.45, 2.75) is 27.2 Å². The van der Waals surface area contributed by atoms with Crippen LogP contribution in [-0.2, 0) is 11.2 Å². The van der Waals surface area contributed by atoms with Crippen LogP contribution in [0.3, 0.4) is 0 Å². The standard InChI is InChI=1S/C13H17NO/c1-9-4-5-12(10(2)6-9)8-13(15)7-11(3)14/h4-7H,8,14H2,1-3H3/b11-7-. The van der Waals surface area contributed by atoms with Crippen LogP contribution in [0.2, 0.25) is 0 Å². The first kappa shape index (κ1) is 11.5. The van der Waals surface area contributed by atoms with E-state index < -0.39 is 0 Å². The highest BCUT2D eigenvalue weighted by Gasteiger charge is 2.03. The highest BCUT2D eigenvalue weighted by Crippen LogP contribution is 2.11. The summed E-state index contributed by atoms with van der Waals surface area (Å²) in [6.07, 6.45) is 1.92. The molecule has 0 aliphatic rings. The molecule has 1 aromatic carbocycles. The summed E-state index contributed by atoms with van der Waals surface area (Å²) in [4.78, 5) is 11.5. The second-order valence-electron chi connectivity index (χ2n) is 3.96. The average molecular weight is 203 g/mol. The molecular weight excluding hydrogens is 186 g/mol. The fourth-order valence-corrected chi connectivity index (χ4v) is 1.54. The Bertz CT molecular complexity index is 401. The van der Waals surface area contributed by atoms with Crippen molar-refractivity contribution in [3.63, 3.8) is 0 Å². The summed E-state index contributed by atoms with van der Waals surface area (Å²) in [5.74, 6) is 0.0574. The molecule has 0 atom stereocenters. The maximum atomic E-state index is 11.5. The van der Waals surface area contributed by atoms with Gasteiger partial charge in [0.25, 0.3) is 0 Å². The van der Waals surface area contributed by atoms with Crippen LogP contribution in [-0.4, -0.2) is 5.78 Å². The topological polar surface area (TPSA) is 43.1 Å². The second-order valence-corrected chi connectivity index (χ2v) is 3.96. The number of rotatable bonds is 3. The summed E-state index contributed by atoms with van der Waals surface area (Å²) in [6, 6.07) is 6.11.